The maximum absolute atomic E-state index is 5.72. The Morgan fingerprint density at radius 1 is 0.341 bits per heavy atom. The molecule has 1 rings (SSSR count). The highest BCUT2D eigenvalue weighted by Gasteiger charge is 2.13. The molecule has 0 aliphatic carbocycles. The first-order chi connectivity index (χ1) is 21.6. The summed E-state index contributed by atoms with van der Waals surface area (Å²) in [6.07, 6.45) is 0. The average molecular weight is 651 g/mol. The van der Waals surface area contributed by atoms with E-state index in [0.717, 1.165) is 5.75 Å². The molecule has 0 radical (unpaired) electrons. The van der Waals surface area contributed by atoms with Gasteiger partial charge in [-0.25, -0.2) is 0 Å². The quantitative estimate of drug-likeness (QED) is 0.0796. The van der Waals surface area contributed by atoms with Crippen LogP contribution < -0.4 is 4.74 Å². The molecule has 0 unspecified atom stereocenters. The third-order valence-electron chi connectivity index (χ3n) is 5.35. The van der Waals surface area contributed by atoms with Gasteiger partial charge in [-0.2, -0.15) is 0 Å². The molecule has 0 bridgehead atoms. The standard InChI is InChI=1S/C31H58O12Si/c1-44(2,3)43-30-28-41-26-24-39-22-20-37-18-16-35-14-12-33-10-9-32-11-13-34-15-17-36-19-21-38-23-25-40-27-29-42-31-7-5-4-6-8-31/h4-8H,9-30H2,1-3H3. The lowest BCUT2D eigenvalue weighted by atomic mass is 10.3. The predicted molar refractivity (Wildman–Crippen MR) is 169 cm³/mol. The van der Waals surface area contributed by atoms with E-state index in [0.29, 0.717) is 145 Å². The number of para-hydroxylation sites is 1. The molecule has 0 heterocycles. The van der Waals surface area contributed by atoms with E-state index in [1.807, 2.05) is 30.3 Å². The van der Waals surface area contributed by atoms with Gasteiger partial charge in [0.25, 0.3) is 0 Å². The van der Waals surface area contributed by atoms with Crippen molar-refractivity contribution in [3.8, 4) is 5.75 Å². The van der Waals surface area contributed by atoms with Crippen LogP contribution in [0.4, 0.5) is 0 Å². The summed E-state index contributed by atoms with van der Waals surface area (Å²) >= 11 is 0. The van der Waals surface area contributed by atoms with Crippen LogP contribution in [0.5, 0.6) is 5.75 Å². The van der Waals surface area contributed by atoms with Crippen molar-refractivity contribution in [1.29, 1.82) is 0 Å². The van der Waals surface area contributed by atoms with Gasteiger partial charge in [0.15, 0.2) is 8.32 Å². The maximum atomic E-state index is 5.72. The zero-order chi connectivity index (χ0) is 31.7. The fourth-order valence-corrected chi connectivity index (χ4v) is 3.92. The smallest absolute Gasteiger partial charge is 0.183 e. The van der Waals surface area contributed by atoms with Gasteiger partial charge in [-0.15, -0.1) is 0 Å². The second-order valence-corrected chi connectivity index (χ2v) is 14.8. The highest BCUT2D eigenvalue weighted by molar-refractivity contribution is 6.69. The lowest BCUT2D eigenvalue weighted by Gasteiger charge is -2.16. The molecule has 258 valence electrons. The van der Waals surface area contributed by atoms with Crippen LogP contribution in [0.2, 0.25) is 19.6 Å². The fraction of sp³-hybridized carbons (Fsp3) is 0.806. The topological polar surface area (TPSA) is 111 Å². The van der Waals surface area contributed by atoms with Crippen molar-refractivity contribution in [3.63, 3.8) is 0 Å². The molecule has 0 saturated heterocycles. The van der Waals surface area contributed by atoms with Gasteiger partial charge in [-0.1, -0.05) is 18.2 Å². The van der Waals surface area contributed by atoms with Crippen LogP contribution >= 0.6 is 0 Å². The minimum absolute atomic E-state index is 0.515. The van der Waals surface area contributed by atoms with E-state index < -0.39 is 8.32 Å². The molecule has 0 saturated carbocycles. The van der Waals surface area contributed by atoms with Gasteiger partial charge in [0.2, 0.25) is 0 Å². The van der Waals surface area contributed by atoms with E-state index in [9.17, 15) is 0 Å². The second-order valence-electron chi connectivity index (χ2n) is 10.2. The zero-order valence-electron chi connectivity index (χ0n) is 27.3. The van der Waals surface area contributed by atoms with E-state index in [1.54, 1.807) is 0 Å². The Morgan fingerprint density at radius 3 is 0.864 bits per heavy atom. The summed E-state index contributed by atoms with van der Waals surface area (Å²) in [5.41, 5.74) is 0. The first-order valence-electron chi connectivity index (χ1n) is 15.7. The third-order valence-corrected chi connectivity index (χ3v) is 6.42. The summed E-state index contributed by atoms with van der Waals surface area (Å²) in [5.74, 6) is 0.845. The number of benzene rings is 1. The van der Waals surface area contributed by atoms with Crippen LogP contribution in [0, 0.1) is 0 Å². The molecular formula is C31H58O12Si. The van der Waals surface area contributed by atoms with Crippen LogP contribution in [-0.4, -0.2) is 154 Å². The van der Waals surface area contributed by atoms with E-state index in [2.05, 4.69) is 19.6 Å². The first-order valence-corrected chi connectivity index (χ1v) is 19.1. The number of hydrogen-bond acceptors (Lipinski definition) is 12. The minimum atomic E-state index is -1.45. The molecule has 44 heavy (non-hydrogen) atoms. The van der Waals surface area contributed by atoms with Gasteiger partial charge >= 0.3 is 0 Å². The van der Waals surface area contributed by atoms with Crippen molar-refractivity contribution in [1.82, 2.24) is 0 Å². The molecule has 0 aromatic heterocycles. The molecule has 0 aliphatic heterocycles. The lowest BCUT2D eigenvalue weighted by Crippen LogP contribution is -2.27. The maximum Gasteiger partial charge on any atom is 0.183 e. The molecule has 0 fully saturated rings. The van der Waals surface area contributed by atoms with Crippen molar-refractivity contribution >= 4 is 8.32 Å². The summed E-state index contributed by atoms with van der Waals surface area (Å²) in [6.45, 7) is 18.3. The van der Waals surface area contributed by atoms with E-state index in [4.69, 9.17) is 56.5 Å². The molecule has 1 aromatic rings. The van der Waals surface area contributed by atoms with Gasteiger partial charge in [-0.05, 0) is 31.8 Å². The zero-order valence-corrected chi connectivity index (χ0v) is 28.3. The van der Waals surface area contributed by atoms with Gasteiger partial charge in [0, 0.05) is 0 Å². The van der Waals surface area contributed by atoms with Crippen LogP contribution in [0.15, 0.2) is 30.3 Å². The highest BCUT2D eigenvalue weighted by atomic mass is 28.4. The molecule has 0 amide bonds. The summed E-state index contributed by atoms with van der Waals surface area (Å²) in [4.78, 5) is 0. The van der Waals surface area contributed by atoms with Crippen molar-refractivity contribution in [2.24, 2.45) is 0 Å². The van der Waals surface area contributed by atoms with E-state index in [1.165, 1.54) is 0 Å². The van der Waals surface area contributed by atoms with Gasteiger partial charge in [-0.3, -0.25) is 0 Å². The molecule has 1 aromatic carbocycles. The predicted octanol–water partition coefficient (Wildman–Crippen LogP) is 3.08. The normalized spacial score (nSPS) is 11.8. The number of ether oxygens (including phenoxy) is 11. The highest BCUT2D eigenvalue weighted by Crippen LogP contribution is 2.07. The Morgan fingerprint density at radius 2 is 0.591 bits per heavy atom. The van der Waals surface area contributed by atoms with Crippen LogP contribution in [0.1, 0.15) is 0 Å². The number of hydrogen-bond donors (Lipinski definition) is 0. The van der Waals surface area contributed by atoms with Crippen molar-refractivity contribution in [3.05, 3.63) is 30.3 Å². The van der Waals surface area contributed by atoms with Crippen LogP contribution in [0.25, 0.3) is 0 Å². The molecule has 13 heteroatoms. The Bertz CT molecular complexity index is 696. The van der Waals surface area contributed by atoms with E-state index >= 15 is 0 Å². The summed E-state index contributed by atoms with van der Waals surface area (Å²) in [7, 11) is -1.45. The Labute approximate surface area is 265 Å². The molecule has 0 atom stereocenters. The average Bonchev–Trinajstić information content (AvgIpc) is 3.01. The van der Waals surface area contributed by atoms with Crippen LogP contribution in [0.3, 0.4) is 0 Å². The van der Waals surface area contributed by atoms with Gasteiger partial charge in [0.05, 0.1) is 139 Å². The lowest BCUT2D eigenvalue weighted by molar-refractivity contribution is -0.0270. The molecular weight excluding hydrogens is 592 g/mol. The Balaban J connectivity index is 1.62. The van der Waals surface area contributed by atoms with Crippen molar-refractivity contribution in [2.45, 2.75) is 19.6 Å². The number of rotatable bonds is 35. The monoisotopic (exact) mass is 650 g/mol. The molecule has 12 nitrogen and oxygen atoms in total. The SMILES string of the molecule is C[Si](C)(C)OCCOCCOCCOCCOCCOCCOCCOCCOCCOCCOCCOc1ccccc1. The van der Waals surface area contributed by atoms with Crippen molar-refractivity contribution < 1.29 is 56.5 Å². The first kappa shape index (κ1) is 40.8. The summed E-state index contributed by atoms with van der Waals surface area (Å²) < 4.78 is 66.0. The summed E-state index contributed by atoms with van der Waals surface area (Å²) in [5, 5.41) is 0. The van der Waals surface area contributed by atoms with Gasteiger partial charge in [0.1, 0.15) is 12.4 Å². The van der Waals surface area contributed by atoms with Gasteiger partial charge < -0.3 is 56.5 Å². The van der Waals surface area contributed by atoms with Crippen LogP contribution in [-0.2, 0) is 51.8 Å². The minimum Gasteiger partial charge on any atom is -0.491 e. The molecule has 0 spiro atoms. The Kier molecular flexibility index (Phi) is 29.5. The largest absolute Gasteiger partial charge is 0.491 e. The third kappa shape index (κ3) is 32.2. The Hall–Kier alpha value is -1.20. The molecule has 0 aliphatic rings. The second kappa shape index (κ2) is 31.8. The fourth-order valence-electron chi connectivity index (χ4n) is 3.22. The summed E-state index contributed by atoms with van der Waals surface area (Å²) in [6, 6.07) is 9.68. The molecule has 0 N–H and O–H groups in total. The van der Waals surface area contributed by atoms with E-state index in [-0.39, 0.29) is 0 Å². The van der Waals surface area contributed by atoms with Crippen molar-refractivity contribution in [2.75, 3.05) is 145 Å².